The van der Waals surface area contributed by atoms with E-state index < -0.39 is 0 Å². The summed E-state index contributed by atoms with van der Waals surface area (Å²) in [7, 11) is 0. The monoisotopic (exact) mass is 293 g/mol. The molecule has 2 aromatic rings. The highest BCUT2D eigenvalue weighted by atomic mass is 35.5. The van der Waals surface area contributed by atoms with Crippen LogP contribution in [0.4, 0.5) is 0 Å². The maximum Gasteiger partial charge on any atom is 0.257 e. The molecule has 0 aliphatic heterocycles. The van der Waals surface area contributed by atoms with Crippen LogP contribution in [0.1, 0.15) is 12.2 Å². The van der Waals surface area contributed by atoms with E-state index >= 15 is 0 Å². The minimum absolute atomic E-state index is 0.00237. The number of aromatic amines is 1. The summed E-state index contributed by atoms with van der Waals surface area (Å²) in [4.78, 5) is 18.7. The molecule has 0 bridgehead atoms. The Morgan fingerprint density at radius 2 is 2.15 bits per heavy atom. The van der Waals surface area contributed by atoms with Gasteiger partial charge in [0.2, 0.25) is 0 Å². The maximum absolute atomic E-state index is 11.6. The Bertz CT molecular complexity index is 526. The fourth-order valence-corrected chi connectivity index (χ4v) is 1.78. The number of hydrogen-bond donors (Lipinski definition) is 2. The lowest BCUT2D eigenvalue weighted by molar-refractivity contribution is -0.123. The molecule has 0 saturated heterocycles. The molecule has 1 aromatic carbocycles. The highest BCUT2D eigenvalue weighted by Crippen LogP contribution is 2.15. The number of rotatable bonds is 7. The second kappa shape index (κ2) is 7.55. The second-order valence-corrected chi connectivity index (χ2v) is 4.67. The van der Waals surface area contributed by atoms with Gasteiger partial charge >= 0.3 is 0 Å². The van der Waals surface area contributed by atoms with Gasteiger partial charge in [-0.15, -0.1) is 0 Å². The summed E-state index contributed by atoms with van der Waals surface area (Å²) < 4.78 is 5.34. The molecule has 0 radical (unpaired) electrons. The number of carbonyl (C=O) groups is 1. The lowest BCUT2D eigenvalue weighted by Gasteiger charge is -2.07. The fraction of sp³-hybridized carbons (Fsp3) is 0.286. The van der Waals surface area contributed by atoms with E-state index in [-0.39, 0.29) is 12.5 Å². The quantitative estimate of drug-likeness (QED) is 0.769. The average Bonchev–Trinajstić information content (AvgIpc) is 2.96. The van der Waals surface area contributed by atoms with Gasteiger partial charge in [0.05, 0.1) is 0 Å². The molecule has 0 saturated carbocycles. The number of benzene rings is 1. The first-order valence-corrected chi connectivity index (χ1v) is 6.75. The number of hydrogen-bond acceptors (Lipinski definition) is 3. The Kier molecular flexibility index (Phi) is 5.43. The van der Waals surface area contributed by atoms with Gasteiger partial charge < -0.3 is 15.0 Å². The van der Waals surface area contributed by atoms with Gasteiger partial charge in [-0.2, -0.15) is 0 Å². The first kappa shape index (κ1) is 14.4. The Morgan fingerprint density at radius 3 is 2.85 bits per heavy atom. The number of ether oxygens (including phenoxy) is 1. The molecule has 106 valence electrons. The van der Waals surface area contributed by atoms with Crippen LogP contribution in [0.2, 0.25) is 5.02 Å². The SMILES string of the molecule is O=C(COc1ccc(Cl)cc1)NCCCc1ncc[nH]1. The zero-order chi connectivity index (χ0) is 14.2. The Balaban J connectivity index is 1.59. The van der Waals surface area contributed by atoms with E-state index in [4.69, 9.17) is 16.3 Å². The molecule has 1 aromatic heterocycles. The van der Waals surface area contributed by atoms with Gasteiger partial charge in [0, 0.05) is 30.4 Å². The van der Waals surface area contributed by atoms with Gasteiger partial charge in [-0.25, -0.2) is 4.98 Å². The zero-order valence-corrected chi connectivity index (χ0v) is 11.7. The number of imidazole rings is 1. The van der Waals surface area contributed by atoms with Crippen LogP contribution in [0.3, 0.4) is 0 Å². The van der Waals surface area contributed by atoms with Gasteiger partial charge in [0.15, 0.2) is 6.61 Å². The first-order chi connectivity index (χ1) is 9.74. The van der Waals surface area contributed by atoms with Crippen LogP contribution in [-0.4, -0.2) is 29.0 Å². The summed E-state index contributed by atoms with van der Waals surface area (Å²) in [6.07, 6.45) is 5.15. The first-order valence-electron chi connectivity index (χ1n) is 6.37. The van der Waals surface area contributed by atoms with E-state index in [1.165, 1.54) is 0 Å². The molecule has 2 rings (SSSR count). The summed E-state index contributed by atoms with van der Waals surface area (Å²) in [5.41, 5.74) is 0. The van der Waals surface area contributed by atoms with Crippen LogP contribution >= 0.6 is 11.6 Å². The molecule has 0 spiro atoms. The molecule has 0 unspecified atom stereocenters. The predicted octanol–water partition coefficient (Wildman–Crippen LogP) is 2.19. The van der Waals surface area contributed by atoms with E-state index in [2.05, 4.69) is 15.3 Å². The number of nitrogens with zero attached hydrogens (tertiary/aromatic N) is 1. The molecule has 2 N–H and O–H groups in total. The molecule has 0 fully saturated rings. The van der Waals surface area contributed by atoms with Crippen molar-refractivity contribution >= 4 is 17.5 Å². The van der Waals surface area contributed by atoms with E-state index in [1.807, 2.05) is 0 Å². The molecule has 0 aliphatic carbocycles. The van der Waals surface area contributed by atoms with Crippen molar-refractivity contribution in [2.45, 2.75) is 12.8 Å². The highest BCUT2D eigenvalue weighted by Gasteiger charge is 2.02. The number of carbonyl (C=O) groups excluding carboxylic acids is 1. The number of H-pyrrole nitrogens is 1. The Hall–Kier alpha value is -2.01. The topological polar surface area (TPSA) is 67.0 Å². The molecule has 1 amide bonds. The second-order valence-electron chi connectivity index (χ2n) is 4.23. The minimum Gasteiger partial charge on any atom is -0.484 e. The van der Waals surface area contributed by atoms with Gasteiger partial charge in [-0.3, -0.25) is 4.79 Å². The third kappa shape index (κ3) is 4.93. The molecule has 6 heteroatoms. The molecule has 0 atom stereocenters. The summed E-state index contributed by atoms with van der Waals surface area (Å²) in [5, 5.41) is 3.43. The van der Waals surface area contributed by atoms with Crippen LogP contribution in [-0.2, 0) is 11.2 Å². The van der Waals surface area contributed by atoms with Crippen LogP contribution in [0.25, 0.3) is 0 Å². The number of amides is 1. The minimum atomic E-state index is -0.139. The summed E-state index contributed by atoms with van der Waals surface area (Å²) in [5.74, 6) is 1.41. The van der Waals surface area contributed by atoms with Crippen molar-refractivity contribution in [3.05, 3.63) is 47.5 Å². The van der Waals surface area contributed by atoms with Gasteiger partial charge in [0.25, 0.3) is 5.91 Å². The Morgan fingerprint density at radius 1 is 1.35 bits per heavy atom. The number of halogens is 1. The van der Waals surface area contributed by atoms with Crippen molar-refractivity contribution < 1.29 is 9.53 Å². The van der Waals surface area contributed by atoms with E-state index in [1.54, 1.807) is 36.7 Å². The molecule has 0 aliphatic rings. The predicted molar refractivity (Wildman–Crippen MR) is 76.9 cm³/mol. The smallest absolute Gasteiger partial charge is 0.257 e. The van der Waals surface area contributed by atoms with E-state index in [0.717, 1.165) is 18.7 Å². The normalized spacial score (nSPS) is 10.2. The van der Waals surface area contributed by atoms with Gasteiger partial charge in [-0.05, 0) is 30.7 Å². The van der Waals surface area contributed by atoms with Gasteiger partial charge in [-0.1, -0.05) is 11.6 Å². The average molecular weight is 294 g/mol. The number of aryl methyl sites for hydroxylation is 1. The Labute approximate surface area is 122 Å². The van der Waals surface area contributed by atoms with Crippen molar-refractivity contribution in [3.8, 4) is 5.75 Å². The summed E-state index contributed by atoms with van der Waals surface area (Å²) in [6, 6.07) is 6.90. The standard InChI is InChI=1S/C14H16ClN3O2/c15-11-3-5-12(6-4-11)20-10-14(19)18-7-1-2-13-16-8-9-17-13/h3-6,8-9H,1-2,7,10H2,(H,16,17)(H,18,19). The summed E-state index contributed by atoms with van der Waals surface area (Å²) in [6.45, 7) is 0.603. The lowest BCUT2D eigenvalue weighted by atomic mass is 10.3. The third-order valence-electron chi connectivity index (χ3n) is 2.65. The molecule has 1 heterocycles. The lowest BCUT2D eigenvalue weighted by Crippen LogP contribution is -2.29. The molecule has 5 nitrogen and oxygen atoms in total. The summed E-state index contributed by atoms with van der Waals surface area (Å²) >= 11 is 5.76. The zero-order valence-electron chi connectivity index (χ0n) is 10.9. The number of aromatic nitrogens is 2. The molecular formula is C14H16ClN3O2. The van der Waals surface area contributed by atoms with Crippen molar-refractivity contribution in [1.29, 1.82) is 0 Å². The maximum atomic E-state index is 11.6. The molecule has 20 heavy (non-hydrogen) atoms. The number of nitrogens with one attached hydrogen (secondary N) is 2. The van der Waals surface area contributed by atoms with Crippen molar-refractivity contribution in [2.24, 2.45) is 0 Å². The highest BCUT2D eigenvalue weighted by molar-refractivity contribution is 6.30. The van der Waals surface area contributed by atoms with Gasteiger partial charge in [0.1, 0.15) is 11.6 Å². The van der Waals surface area contributed by atoms with Crippen LogP contribution in [0.15, 0.2) is 36.7 Å². The fourth-order valence-electron chi connectivity index (χ4n) is 1.65. The van der Waals surface area contributed by atoms with Crippen molar-refractivity contribution in [2.75, 3.05) is 13.2 Å². The largest absolute Gasteiger partial charge is 0.484 e. The molecular weight excluding hydrogens is 278 g/mol. The van der Waals surface area contributed by atoms with Crippen LogP contribution in [0, 0.1) is 0 Å². The van der Waals surface area contributed by atoms with E-state index in [0.29, 0.717) is 17.3 Å². The van der Waals surface area contributed by atoms with E-state index in [9.17, 15) is 4.79 Å². The van der Waals surface area contributed by atoms with Crippen LogP contribution in [0.5, 0.6) is 5.75 Å². The van der Waals surface area contributed by atoms with Crippen molar-refractivity contribution in [3.63, 3.8) is 0 Å². The van der Waals surface area contributed by atoms with Crippen molar-refractivity contribution in [1.82, 2.24) is 15.3 Å². The van der Waals surface area contributed by atoms with Crippen LogP contribution < -0.4 is 10.1 Å². The third-order valence-corrected chi connectivity index (χ3v) is 2.90.